The molecule has 1 aliphatic carbocycles. The van der Waals surface area contributed by atoms with Gasteiger partial charge in [-0.3, -0.25) is 4.79 Å². The second-order valence-electron chi connectivity index (χ2n) is 6.16. The molecule has 0 saturated carbocycles. The minimum absolute atomic E-state index is 0.112. The smallest absolute Gasteiger partial charge is 0.237 e. The Morgan fingerprint density at radius 2 is 2.09 bits per heavy atom. The molecule has 1 aliphatic heterocycles. The lowest BCUT2D eigenvalue weighted by Crippen LogP contribution is -2.48. The number of thiophene rings is 1. The van der Waals surface area contributed by atoms with E-state index < -0.39 is 0 Å². The summed E-state index contributed by atoms with van der Waals surface area (Å²) in [6.07, 6.45) is 4.16. The predicted octanol–water partition coefficient (Wildman–Crippen LogP) is 2.96. The highest BCUT2D eigenvalue weighted by atomic mass is 32.1. The molecule has 0 saturated heterocycles. The Balaban J connectivity index is 1.46. The van der Waals surface area contributed by atoms with Crippen molar-refractivity contribution >= 4 is 17.2 Å². The van der Waals surface area contributed by atoms with E-state index in [4.69, 9.17) is 0 Å². The SMILES string of the molecule is O=C(NC1CCCc2sccc21)C1Cc2ccccc2CN1. The van der Waals surface area contributed by atoms with Crippen molar-refractivity contribution in [1.82, 2.24) is 10.6 Å². The van der Waals surface area contributed by atoms with Gasteiger partial charge in [0.15, 0.2) is 0 Å². The largest absolute Gasteiger partial charge is 0.348 e. The summed E-state index contributed by atoms with van der Waals surface area (Å²) in [6.45, 7) is 0.780. The van der Waals surface area contributed by atoms with Crippen LogP contribution < -0.4 is 10.6 Å². The number of hydrogen-bond acceptors (Lipinski definition) is 3. The molecule has 0 spiro atoms. The zero-order chi connectivity index (χ0) is 14.9. The van der Waals surface area contributed by atoms with Crippen molar-refractivity contribution < 1.29 is 4.79 Å². The fourth-order valence-corrected chi connectivity index (χ4v) is 4.54. The Kier molecular flexibility index (Phi) is 3.72. The van der Waals surface area contributed by atoms with Crippen LogP contribution in [-0.4, -0.2) is 11.9 Å². The summed E-state index contributed by atoms with van der Waals surface area (Å²) >= 11 is 1.82. The second kappa shape index (κ2) is 5.86. The summed E-state index contributed by atoms with van der Waals surface area (Å²) in [6, 6.07) is 10.6. The molecular weight excluding hydrogens is 292 g/mol. The number of rotatable bonds is 2. The van der Waals surface area contributed by atoms with Gasteiger partial charge in [-0.05, 0) is 53.8 Å². The molecule has 2 heterocycles. The Morgan fingerprint density at radius 3 is 3.00 bits per heavy atom. The highest BCUT2D eigenvalue weighted by molar-refractivity contribution is 7.10. The number of fused-ring (bicyclic) bond motifs is 2. The molecule has 0 radical (unpaired) electrons. The van der Waals surface area contributed by atoms with Crippen molar-refractivity contribution in [3.05, 3.63) is 57.3 Å². The Labute approximate surface area is 134 Å². The Morgan fingerprint density at radius 1 is 1.23 bits per heavy atom. The van der Waals surface area contributed by atoms with Gasteiger partial charge in [-0.1, -0.05) is 24.3 Å². The van der Waals surface area contributed by atoms with Gasteiger partial charge in [-0.25, -0.2) is 0 Å². The topological polar surface area (TPSA) is 41.1 Å². The van der Waals surface area contributed by atoms with E-state index in [1.165, 1.54) is 28.0 Å². The second-order valence-corrected chi connectivity index (χ2v) is 7.16. The van der Waals surface area contributed by atoms with Crippen molar-refractivity contribution in [3.63, 3.8) is 0 Å². The number of nitrogens with one attached hydrogen (secondary N) is 2. The molecule has 4 heteroatoms. The molecule has 1 aromatic heterocycles. The maximum atomic E-state index is 12.6. The number of benzene rings is 1. The fourth-order valence-electron chi connectivity index (χ4n) is 3.55. The van der Waals surface area contributed by atoms with Gasteiger partial charge in [0.2, 0.25) is 5.91 Å². The molecule has 1 aromatic carbocycles. The van der Waals surface area contributed by atoms with Gasteiger partial charge in [0.05, 0.1) is 12.1 Å². The lowest BCUT2D eigenvalue weighted by molar-refractivity contribution is -0.124. The Bertz CT molecular complexity index is 694. The summed E-state index contributed by atoms with van der Waals surface area (Å²) in [4.78, 5) is 14.1. The molecule has 114 valence electrons. The summed E-state index contributed by atoms with van der Waals surface area (Å²) in [5.41, 5.74) is 3.94. The number of hydrogen-bond donors (Lipinski definition) is 2. The van der Waals surface area contributed by atoms with E-state index in [0.29, 0.717) is 0 Å². The van der Waals surface area contributed by atoms with Crippen LogP contribution in [0.25, 0.3) is 0 Å². The molecular formula is C18H20N2OS. The number of aryl methyl sites for hydroxylation is 1. The summed E-state index contributed by atoms with van der Waals surface area (Å²) < 4.78 is 0. The average Bonchev–Trinajstić information content (AvgIpc) is 3.04. The van der Waals surface area contributed by atoms with Gasteiger partial charge >= 0.3 is 0 Å². The fraction of sp³-hybridized carbons (Fsp3) is 0.389. The predicted molar refractivity (Wildman–Crippen MR) is 88.9 cm³/mol. The monoisotopic (exact) mass is 312 g/mol. The minimum Gasteiger partial charge on any atom is -0.348 e. The average molecular weight is 312 g/mol. The highest BCUT2D eigenvalue weighted by Gasteiger charge is 2.28. The maximum absolute atomic E-state index is 12.6. The van der Waals surface area contributed by atoms with Crippen LogP contribution in [0.5, 0.6) is 0 Å². The van der Waals surface area contributed by atoms with Crippen LogP contribution in [0.2, 0.25) is 0 Å². The molecule has 22 heavy (non-hydrogen) atoms. The van der Waals surface area contributed by atoms with E-state index >= 15 is 0 Å². The van der Waals surface area contributed by atoms with Gasteiger partial charge in [0.1, 0.15) is 0 Å². The van der Waals surface area contributed by atoms with Crippen LogP contribution in [-0.2, 0) is 24.2 Å². The zero-order valence-corrected chi connectivity index (χ0v) is 13.3. The number of carbonyl (C=O) groups is 1. The van der Waals surface area contributed by atoms with Gasteiger partial charge in [0.25, 0.3) is 0 Å². The third-order valence-electron chi connectivity index (χ3n) is 4.77. The number of amides is 1. The quantitative estimate of drug-likeness (QED) is 0.895. The van der Waals surface area contributed by atoms with Crippen LogP contribution in [0.4, 0.5) is 0 Å². The van der Waals surface area contributed by atoms with E-state index in [1.807, 2.05) is 11.3 Å². The molecule has 2 atom stereocenters. The molecule has 2 aromatic rings. The van der Waals surface area contributed by atoms with E-state index in [1.54, 1.807) is 0 Å². The first-order valence-corrected chi connectivity index (χ1v) is 8.86. The van der Waals surface area contributed by atoms with Crippen molar-refractivity contribution in [2.45, 2.75) is 44.3 Å². The third kappa shape index (κ3) is 2.57. The number of carbonyl (C=O) groups excluding carboxylic acids is 1. The van der Waals surface area contributed by atoms with Crippen LogP contribution in [0, 0.1) is 0 Å². The van der Waals surface area contributed by atoms with Gasteiger partial charge < -0.3 is 10.6 Å². The Hall–Kier alpha value is -1.65. The van der Waals surface area contributed by atoms with E-state index in [-0.39, 0.29) is 18.0 Å². The molecule has 2 N–H and O–H groups in total. The van der Waals surface area contributed by atoms with Gasteiger partial charge in [0, 0.05) is 11.4 Å². The molecule has 4 rings (SSSR count). The van der Waals surface area contributed by atoms with E-state index in [0.717, 1.165) is 25.8 Å². The molecule has 2 unspecified atom stereocenters. The normalized spacial score (nSPS) is 23.5. The minimum atomic E-state index is -0.112. The molecule has 1 amide bonds. The highest BCUT2D eigenvalue weighted by Crippen LogP contribution is 2.33. The standard InChI is InChI=1S/C18H20N2OS/c21-18(16-10-12-4-1-2-5-13(12)11-19-16)20-15-6-3-7-17-14(15)8-9-22-17/h1-2,4-5,8-9,15-16,19H,3,6-7,10-11H2,(H,20,21). The zero-order valence-electron chi connectivity index (χ0n) is 12.5. The third-order valence-corrected chi connectivity index (χ3v) is 5.76. The molecule has 2 aliphatic rings. The first kappa shape index (κ1) is 14.0. The molecule has 0 fully saturated rings. The van der Waals surface area contributed by atoms with Crippen LogP contribution in [0.3, 0.4) is 0 Å². The van der Waals surface area contributed by atoms with Crippen LogP contribution in [0.15, 0.2) is 35.7 Å². The first-order chi connectivity index (χ1) is 10.8. The van der Waals surface area contributed by atoms with Crippen molar-refractivity contribution in [1.29, 1.82) is 0 Å². The van der Waals surface area contributed by atoms with Crippen molar-refractivity contribution in [3.8, 4) is 0 Å². The van der Waals surface area contributed by atoms with Gasteiger partial charge in [-0.2, -0.15) is 0 Å². The summed E-state index contributed by atoms with van der Waals surface area (Å²) in [7, 11) is 0. The van der Waals surface area contributed by atoms with E-state index in [9.17, 15) is 4.79 Å². The van der Waals surface area contributed by atoms with Crippen LogP contribution >= 0.6 is 11.3 Å². The first-order valence-electron chi connectivity index (χ1n) is 7.98. The van der Waals surface area contributed by atoms with E-state index in [2.05, 4.69) is 46.3 Å². The lowest BCUT2D eigenvalue weighted by atomic mass is 9.92. The molecule has 3 nitrogen and oxygen atoms in total. The van der Waals surface area contributed by atoms with Gasteiger partial charge in [-0.15, -0.1) is 11.3 Å². The summed E-state index contributed by atoms with van der Waals surface area (Å²) in [5.74, 6) is 0.138. The maximum Gasteiger partial charge on any atom is 0.237 e. The lowest BCUT2D eigenvalue weighted by Gasteiger charge is -2.29. The van der Waals surface area contributed by atoms with Crippen molar-refractivity contribution in [2.24, 2.45) is 0 Å². The molecule has 0 bridgehead atoms. The summed E-state index contributed by atoms with van der Waals surface area (Å²) in [5, 5.41) is 8.78. The van der Waals surface area contributed by atoms with Crippen LogP contribution in [0.1, 0.15) is 40.5 Å². The van der Waals surface area contributed by atoms with Crippen molar-refractivity contribution in [2.75, 3.05) is 0 Å².